The monoisotopic (exact) mass is 920 g/mol. The zero-order valence-electron chi connectivity index (χ0n) is 38.3. The van der Waals surface area contributed by atoms with Gasteiger partial charge in [-0.2, -0.15) is 0 Å². The Hall–Kier alpha value is -8.77. The number of aromatic nitrogens is 3. The van der Waals surface area contributed by atoms with Gasteiger partial charge in [-0.15, -0.1) is 0 Å². The Morgan fingerprint density at radius 1 is 0.352 bits per heavy atom. The number of fused-ring (bicyclic) bond motifs is 22. The Morgan fingerprint density at radius 3 is 1.63 bits per heavy atom. The van der Waals surface area contributed by atoms with Crippen LogP contribution in [-0.2, 0) is 10.8 Å². The maximum absolute atomic E-state index is 5.51. The highest BCUT2D eigenvalue weighted by molar-refractivity contribution is 7.99. The summed E-state index contributed by atoms with van der Waals surface area (Å²) in [5, 5.41) is 2.37. The SMILES string of the molecule is c1ccc(N(c2ccccc2)c2ccc3c(c2)c2ccccc2n3-c2cnc3c(c2)C2(c4ccccc4Sc4cc5c(cc42)-c2ccccc2C52c4ccccc4-c4ccccc42)c2cccnc2-3)cc1. The first kappa shape index (κ1) is 39.1. The van der Waals surface area contributed by atoms with Crippen molar-refractivity contribution in [3.63, 3.8) is 0 Å². The molecule has 0 amide bonds. The third kappa shape index (κ3) is 5.00. The van der Waals surface area contributed by atoms with E-state index in [0.29, 0.717) is 0 Å². The molecule has 4 aliphatic rings. The molecule has 3 aromatic heterocycles. The number of hydrogen-bond acceptors (Lipinski definition) is 4. The van der Waals surface area contributed by atoms with Gasteiger partial charge in [0.1, 0.15) is 0 Å². The van der Waals surface area contributed by atoms with Crippen LogP contribution in [-0.4, -0.2) is 14.5 Å². The highest BCUT2D eigenvalue weighted by Gasteiger charge is 2.56. The van der Waals surface area contributed by atoms with Crippen LogP contribution in [0.3, 0.4) is 0 Å². The lowest BCUT2D eigenvalue weighted by atomic mass is 9.66. The van der Waals surface area contributed by atoms with Crippen LogP contribution < -0.4 is 4.90 Å². The number of rotatable bonds is 4. The molecule has 5 heteroatoms. The molecule has 2 spiro atoms. The molecule has 0 saturated heterocycles. The summed E-state index contributed by atoms with van der Waals surface area (Å²) in [6, 6.07) is 85.4. The fraction of sp³-hybridized carbons (Fsp3) is 0.0303. The van der Waals surface area contributed by atoms with Crippen molar-refractivity contribution in [1.29, 1.82) is 0 Å². The van der Waals surface area contributed by atoms with E-state index in [1.54, 1.807) is 0 Å². The molecule has 0 radical (unpaired) electrons. The van der Waals surface area contributed by atoms with Gasteiger partial charge in [-0.1, -0.05) is 163 Å². The van der Waals surface area contributed by atoms with Crippen molar-refractivity contribution in [2.75, 3.05) is 4.90 Å². The first-order chi connectivity index (χ1) is 35.2. The lowest BCUT2D eigenvalue weighted by Gasteiger charge is -2.40. The lowest BCUT2D eigenvalue weighted by Crippen LogP contribution is -2.33. The fourth-order valence-electron chi connectivity index (χ4n) is 13.3. The summed E-state index contributed by atoms with van der Waals surface area (Å²) >= 11 is 1.90. The maximum Gasteiger partial charge on any atom is 0.0939 e. The number of para-hydroxylation sites is 3. The highest BCUT2D eigenvalue weighted by Crippen LogP contribution is 2.67. The van der Waals surface area contributed by atoms with E-state index in [9.17, 15) is 0 Å². The van der Waals surface area contributed by atoms with Crippen LogP contribution in [0.4, 0.5) is 17.1 Å². The third-order valence-corrected chi connectivity index (χ3v) is 17.1. The molecule has 12 aromatic rings. The van der Waals surface area contributed by atoms with Crippen molar-refractivity contribution >= 4 is 50.6 Å². The molecular formula is C66H40N4S. The van der Waals surface area contributed by atoms with E-state index in [1.165, 1.54) is 81.8 Å². The molecule has 0 fully saturated rings. The second-order valence-corrected chi connectivity index (χ2v) is 20.3. The van der Waals surface area contributed by atoms with Crippen LogP contribution >= 0.6 is 11.8 Å². The first-order valence-corrected chi connectivity index (χ1v) is 25.2. The third-order valence-electron chi connectivity index (χ3n) is 15.9. The molecule has 3 aliphatic carbocycles. The Kier molecular flexibility index (Phi) is 7.93. The number of nitrogens with zero attached hydrogens (tertiary/aromatic N) is 4. The predicted molar refractivity (Wildman–Crippen MR) is 289 cm³/mol. The van der Waals surface area contributed by atoms with Gasteiger partial charge in [-0.05, 0) is 140 Å². The predicted octanol–water partition coefficient (Wildman–Crippen LogP) is 16.2. The van der Waals surface area contributed by atoms with Gasteiger partial charge in [-0.25, -0.2) is 0 Å². The van der Waals surface area contributed by atoms with Crippen molar-refractivity contribution in [2.24, 2.45) is 0 Å². The van der Waals surface area contributed by atoms with E-state index < -0.39 is 10.8 Å². The van der Waals surface area contributed by atoms with Crippen molar-refractivity contribution < 1.29 is 0 Å². The zero-order valence-corrected chi connectivity index (χ0v) is 39.1. The second-order valence-electron chi connectivity index (χ2n) is 19.2. The van der Waals surface area contributed by atoms with Crippen LogP contribution in [0.1, 0.15) is 44.5 Å². The summed E-state index contributed by atoms with van der Waals surface area (Å²) in [6.45, 7) is 0. The van der Waals surface area contributed by atoms with Gasteiger partial charge in [0.05, 0.1) is 45.1 Å². The zero-order chi connectivity index (χ0) is 46.4. The molecule has 71 heavy (non-hydrogen) atoms. The van der Waals surface area contributed by atoms with Gasteiger partial charge in [0.25, 0.3) is 0 Å². The number of pyridine rings is 2. The topological polar surface area (TPSA) is 34.0 Å². The van der Waals surface area contributed by atoms with Gasteiger partial charge in [0, 0.05) is 49.4 Å². The van der Waals surface area contributed by atoms with Gasteiger partial charge in [0.15, 0.2) is 0 Å². The average molecular weight is 921 g/mol. The van der Waals surface area contributed by atoms with Crippen LogP contribution in [0.25, 0.3) is 61.1 Å². The summed E-state index contributed by atoms with van der Waals surface area (Å²) in [6.07, 6.45) is 4.00. The molecule has 0 bridgehead atoms. The summed E-state index contributed by atoms with van der Waals surface area (Å²) in [5.74, 6) is 0. The largest absolute Gasteiger partial charge is 0.310 e. The molecule has 0 N–H and O–H groups in total. The fourth-order valence-corrected chi connectivity index (χ4v) is 14.5. The lowest BCUT2D eigenvalue weighted by molar-refractivity contribution is 0.714. The molecule has 16 rings (SSSR count). The minimum Gasteiger partial charge on any atom is -0.310 e. The maximum atomic E-state index is 5.51. The summed E-state index contributed by atoms with van der Waals surface area (Å²) in [4.78, 5) is 15.6. The Bertz CT molecular complexity index is 4150. The molecule has 4 heterocycles. The number of benzene rings is 9. The van der Waals surface area contributed by atoms with E-state index in [2.05, 4.69) is 246 Å². The molecule has 4 nitrogen and oxygen atoms in total. The van der Waals surface area contributed by atoms with Crippen LogP contribution in [0.15, 0.2) is 253 Å². The Balaban J connectivity index is 0.955. The van der Waals surface area contributed by atoms with Crippen LogP contribution in [0.5, 0.6) is 0 Å². The quantitative estimate of drug-likeness (QED) is 0.176. The summed E-state index contributed by atoms with van der Waals surface area (Å²) in [7, 11) is 0. The van der Waals surface area contributed by atoms with E-state index in [0.717, 1.165) is 50.7 Å². The van der Waals surface area contributed by atoms with E-state index in [-0.39, 0.29) is 0 Å². The second kappa shape index (κ2) is 14.4. The molecule has 0 saturated carbocycles. The van der Waals surface area contributed by atoms with Gasteiger partial charge in [0.2, 0.25) is 0 Å². The number of anilines is 3. The smallest absolute Gasteiger partial charge is 0.0939 e. The van der Waals surface area contributed by atoms with E-state index in [4.69, 9.17) is 9.97 Å². The minimum absolute atomic E-state index is 0.448. The van der Waals surface area contributed by atoms with E-state index in [1.807, 2.05) is 18.0 Å². The van der Waals surface area contributed by atoms with Gasteiger partial charge in [-0.3, -0.25) is 9.97 Å². The molecule has 1 atom stereocenters. The molecular weight excluding hydrogens is 881 g/mol. The number of hydrogen-bond donors (Lipinski definition) is 0. The molecule has 1 unspecified atom stereocenters. The van der Waals surface area contributed by atoms with Crippen LogP contribution in [0.2, 0.25) is 0 Å². The highest BCUT2D eigenvalue weighted by atomic mass is 32.2. The van der Waals surface area contributed by atoms with Crippen molar-refractivity contribution in [2.45, 2.75) is 20.6 Å². The van der Waals surface area contributed by atoms with E-state index >= 15 is 0 Å². The average Bonchev–Trinajstić information content (AvgIpc) is 4.12. The summed E-state index contributed by atoms with van der Waals surface area (Å²) in [5.41, 5.74) is 22.7. The molecule has 9 aromatic carbocycles. The van der Waals surface area contributed by atoms with Crippen molar-refractivity contribution in [3.05, 3.63) is 287 Å². The standard InChI is InChI=1S/C66H40N4S/c1-3-18-41(19-4-1)69(42-20-5-2-6-21-42)43-33-34-60-50(36-43)48-25-10-15-31-59(48)70(60)44-37-58-64(68-40-44)63-55(30-17-35-67-63)66(58)54-29-14-16-32-61(54)71-62-39-56-49(38-57(62)66)47-24-9-13-28-53(47)65(56)51-26-11-7-22-45(51)46-23-8-12-27-52(46)65/h1-40H. The van der Waals surface area contributed by atoms with Crippen molar-refractivity contribution in [1.82, 2.24) is 14.5 Å². The first-order valence-electron chi connectivity index (χ1n) is 24.4. The minimum atomic E-state index is -0.706. The summed E-state index contributed by atoms with van der Waals surface area (Å²) < 4.78 is 2.42. The van der Waals surface area contributed by atoms with Crippen LogP contribution in [0, 0.1) is 0 Å². The van der Waals surface area contributed by atoms with Crippen molar-refractivity contribution in [3.8, 4) is 39.3 Å². The molecule has 330 valence electrons. The Morgan fingerprint density at radius 2 is 0.915 bits per heavy atom. The normalized spacial score (nSPS) is 15.7. The Labute approximate surface area is 415 Å². The molecule has 1 aliphatic heterocycles. The van der Waals surface area contributed by atoms with Gasteiger partial charge >= 0.3 is 0 Å². The van der Waals surface area contributed by atoms with Gasteiger partial charge < -0.3 is 9.47 Å².